The Morgan fingerprint density at radius 1 is 0.704 bits per heavy atom. The predicted octanol–water partition coefficient (Wildman–Crippen LogP) is 7.88. The summed E-state index contributed by atoms with van der Waals surface area (Å²) in [5.74, 6) is 4.40. The zero-order chi connectivity index (χ0) is 19.6. The van der Waals surface area contributed by atoms with Crippen molar-refractivity contribution in [2.75, 3.05) is 0 Å². The van der Waals surface area contributed by atoms with E-state index in [-0.39, 0.29) is 0 Å². The molecule has 0 bridgehead atoms. The second kappa shape index (κ2) is 9.43. The summed E-state index contributed by atoms with van der Waals surface area (Å²) in [5, 5.41) is 0. The Labute approximate surface area is 183 Å². The van der Waals surface area contributed by atoms with Crippen molar-refractivity contribution < 1.29 is 20.8 Å². The molecule has 0 spiro atoms. The molecule has 2 aliphatic carbocycles. The van der Waals surface area contributed by atoms with E-state index in [4.69, 9.17) is 17.0 Å². The third-order valence-electron chi connectivity index (χ3n) is 7.17. The van der Waals surface area contributed by atoms with Gasteiger partial charge in [0.2, 0.25) is 0 Å². The standard InChI is InChI=1S/C24H28.2ClH.Zr/c1-15-16(2)18(4)23(17(15)3)24-21-13-9-8-12-20(21)14-22(24)19-10-6-5-7-11-19;;;/h5-18,23-24H,1-4H3;2*1H;/q;;;+2/p-2. The van der Waals surface area contributed by atoms with Crippen molar-refractivity contribution >= 4 is 28.7 Å². The molecular weight excluding hydrogens is 450 g/mol. The van der Waals surface area contributed by atoms with Crippen molar-refractivity contribution in [3.05, 3.63) is 71.3 Å². The first-order chi connectivity index (χ1) is 13.0. The Kier molecular flexibility index (Phi) is 7.46. The first-order valence-corrected chi connectivity index (χ1v) is 16.2. The maximum absolute atomic E-state index is 4.93. The van der Waals surface area contributed by atoms with E-state index in [9.17, 15) is 0 Å². The van der Waals surface area contributed by atoms with E-state index in [1.807, 2.05) is 0 Å². The summed E-state index contributed by atoms with van der Waals surface area (Å²) >= 11 is -0.826. The monoisotopic (exact) mass is 476 g/mol. The third-order valence-corrected chi connectivity index (χ3v) is 7.17. The zero-order valence-corrected chi connectivity index (χ0v) is 20.5. The van der Waals surface area contributed by atoms with E-state index in [0.29, 0.717) is 5.92 Å². The van der Waals surface area contributed by atoms with Gasteiger partial charge >= 0.3 is 37.9 Å². The van der Waals surface area contributed by atoms with Crippen LogP contribution in [0.1, 0.15) is 50.3 Å². The second-order valence-electron chi connectivity index (χ2n) is 8.16. The van der Waals surface area contributed by atoms with Crippen molar-refractivity contribution in [1.82, 2.24) is 0 Å². The van der Waals surface area contributed by atoms with Gasteiger partial charge in [0.1, 0.15) is 0 Å². The molecular formula is C24H28Cl2Zr. The molecule has 0 saturated heterocycles. The van der Waals surface area contributed by atoms with Crippen molar-refractivity contribution in [3.63, 3.8) is 0 Å². The molecule has 4 rings (SSSR count). The molecule has 5 unspecified atom stereocenters. The van der Waals surface area contributed by atoms with Crippen LogP contribution in [0.15, 0.2) is 54.6 Å². The number of fused-ring (bicyclic) bond motifs is 1. The molecule has 1 saturated carbocycles. The van der Waals surface area contributed by atoms with Crippen molar-refractivity contribution in [2.45, 2.75) is 33.6 Å². The summed E-state index contributed by atoms with van der Waals surface area (Å²) < 4.78 is 0. The molecule has 5 atom stereocenters. The van der Waals surface area contributed by atoms with Gasteiger partial charge in [0.05, 0.1) is 0 Å². The normalized spacial score (nSPS) is 31.6. The molecule has 0 aromatic heterocycles. The fraction of sp³-hybridized carbons (Fsp3) is 0.417. The molecule has 2 aliphatic rings. The van der Waals surface area contributed by atoms with Crippen LogP contribution in [-0.2, 0) is 20.8 Å². The van der Waals surface area contributed by atoms with Gasteiger partial charge in [-0.05, 0) is 51.9 Å². The number of hydrogen-bond acceptors (Lipinski definition) is 0. The van der Waals surface area contributed by atoms with Gasteiger partial charge in [-0.15, -0.1) is 0 Å². The van der Waals surface area contributed by atoms with Crippen molar-refractivity contribution in [3.8, 4) is 0 Å². The first-order valence-electron chi connectivity index (χ1n) is 9.83. The number of rotatable bonds is 2. The number of halogens is 2. The molecule has 1 fully saturated rings. The fourth-order valence-electron chi connectivity index (χ4n) is 5.40. The predicted molar refractivity (Wildman–Crippen MR) is 115 cm³/mol. The zero-order valence-electron chi connectivity index (χ0n) is 16.5. The van der Waals surface area contributed by atoms with E-state index in [2.05, 4.69) is 88.4 Å². The van der Waals surface area contributed by atoms with Gasteiger partial charge in [0.25, 0.3) is 0 Å². The van der Waals surface area contributed by atoms with Crippen LogP contribution in [-0.4, -0.2) is 0 Å². The minimum atomic E-state index is -0.826. The minimum absolute atomic E-state index is 0.543. The number of hydrogen-bond donors (Lipinski definition) is 0. The van der Waals surface area contributed by atoms with Gasteiger partial charge < -0.3 is 0 Å². The van der Waals surface area contributed by atoms with Crippen LogP contribution in [0, 0.1) is 29.6 Å². The number of allylic oxidation sites excluding steroid dienone is 1. The van der Waals surface area contributed by atoms with Crippen LogP contribution in [0.3, 0.4) is 0 Å². The molecule has 142 valence electrons. The van der Waals surface area contributed by atoms with Crippen molar-refractivity contribution in [2.24, 2.45) is 29.6 Å². The Morgan fingerprint density at radius 2 is 1.22 bits per heavy atom. The van der Waals surface area contributed by atoms with Crippen LogP contribution < -0.4 is 0 Å². The van der Waals surface area contributed by atoms with E-state index in [1.165, 1.54) is 16.7 Å². The average Bonchev–Trinajstić information content (AvgIpc) is 3.15. The average molecular weight is 479 g/mol. The molecule has 0 amide bonds. The van der Waals surface area contributed by atoms with E-state index < -0.39 is 20.8 Å². The Balaban J connectivity index is 0.000000659. The topological polar surface area (TPSA) is 0 Å². The number of benzene rings is 2. The summed E-state index contributed by atoms with van der Waals surface area (Å²) in [6.07, 6.45) is 2.45. The SMILES string of the molecule is CC1C(C)C(C)C(C2C(c3ccccc3)=Cc3ccccc32)C1C.[Cl][Zr][Cl]. The van der Waals surface area contributed by atoms with Crippen LogP contribution in [0.2, 0.25) is 0 Å². The second-order valence-corrected chi connectivity index (χ2v) is 11.9. The van der Waals surface area contributed by atoms with Gasteiger partial charge in [-0.3, -0.25) is 0 Å². The van der Waals surface area contributed by atoms with E-state index >= 15 is 0 Å². The van der Waals surface area contributed by atoms with Gasteiger partial charge in [-0.1, -0.05) is 88.4 Å². The summed E-state index contributed by atoms with van der Waals surface area (Å²) in [7, 11) is 9.87. The summed E-state index contributed by atoms with van der Waals surface area (Å²) in [6, 6.07) is 20.1. The van der Waals surface area contributed by atoms with Gasteiger partial charge in [0, 0.05) is 5.92 Å². The first kappa shape index (κ1) is 21.4. The summed E-state index contributed by atoms with van der Waals surface area (Å²) in [4.78, 5) is 0. The fourth-order valence-corrected chi connectivity index (χ4v) is 5.40. The molecule has 0 N–H and O–H groups in total. The Morgan fingerprint density at radius 3 is 1.81 bits per heavy atom. The molecule has 2 aromatic carbocycles. The summed E-state index contributed by atoms with van der Waals surface area (Å²) in [5.41, 5.74) is 5.89. The van der Waals surface area contributed by atoms with E-state index in [1.54, 1.807) is 5.56 Å². The Bertz CT molecular complexity index is 772. The third kappa shape index (κ3) is 4.17. The maximum atomic E-state index is 4.93. The molecule has 0 aliphatic heterocycles. The molecule has 3 heteroatoms. The van der Waals surface area contributed by atoms with Crippen LogP contribution in [0.25, 0.3) is 11.6 Å². The quantitative estimate of drug-likeness (QED) is 0.412. The molecule has 27 heavy (non-hydrogen) atoms. The van der Waals surface area contributed by atoms with Gasteiger partial charge in [-0.2, -0.15) is 0 Å². The summed E-state index contributed by atoms with van der Waals surface area (Å²) in [6.45, 7) is 9.88. The van der Waals surface area contributed by atoms with Crippen LogP contribution in [0.5, 0.6) is 0 Å². The van der Waals surface area contributed by atoms with Gasteiger partial charge in [0.15, 0.2) is 0 Å². The molecule has 0 nitrogen and oxygen atoms in total. The van der Waals surface area contributed by atoms with Crippen LogP contribution >= 0.6 is 17.0 Å². The Hall–Kier alpha value is -0.357. The molecule has 0 radical (unpaired) electrons. The molecule has 0 heterocycles. The van der Waals surface area contributed by atoms with Gasteiger partial charge in [-0.25, -0.2) is 0 Å². The van der Waals surface area contributed by atoms with E-state index in [0.717, 1.165) is 29.6 Å². The van der Waals surface area contributed by atoms with Crippen molar-refractivity contribution in [1.29, 1.82) is 0 Å². The van der Waals surface area contributed by atoms with Crippen LogP contribution in [0.4, 0.5) is 0 Å². The molecule has 2 aromatic rings.